The van der Waals surface area contributed by atoms with Crippen LogP contribution in [0.3, 0.4) is 0 Å². The quantitative estimate of drug-likeness (QED) is 0.787. The Morgan fingerprint density at radius 3 is 2.38 bits per heavy atom. The van der Waals surface area contributed by atoms with Gasteiger partial charge in [0, 0.05) is 11.8 Å². The predicted molar refractivity (Wildman–Crippen MR) is 84.4 cm³/mol. The molecule has 5 N–H and O–H groups in total. The van der Waals surface area contributed by atoms with Crippen molar-refractivity contribution in [1.29, 1.82) is 0 Å². The molecule has 0 amide bonds. The van der Waals surface area contributed by atoms with E-state index in [4.69, 9.17) is 11.5 Å². The number of nitrogens with one attached hydrogen (secondary N) is 1. The summed E-state index contributed by atoms with van der Waals surface area (Å²) in [4.78, 5) is 8.55. The molecular formula is C16H14F3N5. The minimum atomic E-state index is -4.37. The second kappa shape index (κ2) is 5.64. The number of pyridine rings is 1. The van der Waals surface area contributed by atoms with E-state index in [-0.39, 0.29) is 5.96 Å². The third-order valence-electron chi connectivity index (χ3n) is 3.54. The molecule has 124 valence electrons. The number of hydrogen-bond acceptors (Lipinski definition) is 5. The lowest BCUT2D eigenvalue weighted by Gasteiger charge is -2.24. The molecule has 5 nitrogen and oxygen atoms in total. The molecule has 3 rings (SSSR count). The van der Waals surface area contributed by atoms with Gasteiger partial charge in [0.1, 0.15) is 0 Å². The van der Waals surface area contributed by atoms with Gasteiger partial charge in [-0.05, 0) is 30.3 Å². The van der Waals surface area contributed by atoms with Gasteiger partial charge < -0.3 is 11.1 Å². The molecule has 0 saturated heterocycles. The molecule has 1 aromatic carbocycles. The summed E-state index contributed by atoms with van der Waals surface area (Å²) < 4.78 is 37.9. The molecule has 24 heavy (non-hydrogen) atoms. The highest BCUT2D eigenvalue weighted by atomic mass is 19.4. The number of aromatic nitrogens is 1. The molecule has 8 heteroatoms. The van der Waals surface area contributed by atoms with E-state index < -0.39 is 17.4 Å². The van der Waals surface area contributed by atoms with Crippen LogP contribution in [0.15, 0.2) is 59.7 Å². The van der Waals surface area contributed by atoms with Gasteiger partial charge in [0.25, 0.3) is 0 Å². The van der Waals surface area contributed by atoms with Crippen molar-refractivity contribution in [2.24, 2.45) is 16.5 Å². The first-order valence-electron chi connectivity index (χ1n) is 7.01. The van der Waals surface area contributed by atoms with E-state index >= 15 is 0 Å². The van der Waals surface area contributed by atoms with E-state index in [1.807, 2.05) is 0 Å². The largest absolute Gasteiger partial charge is 0.416 e. The molecule has 0 aliphatic carbocycles. The summed E-state index contributed by atoms with van der Waals surface area (Å²) >= 11 is 0. The van der Waals surface area contributed by atoms with Crippen LogP contribution in [0.2, 0.25) is 0 Å². The smallest absolute Gasteiger partial charge is 0.370 e. The Hall–Kier alpha value is -2.87. The van der Waals surface area contributed by atoms with E-state index in [0.29, 0.717) is 17.0 Å². The van der Waals surface area contributed by atoms with Gasteiger partial charge in [0.2, 0.25) is 0 Å². The van der Waals surface area contributed by atoms with Crippen molar-refractivity contribution in [3.05, 3.63) is 66.0 Å². The van der Waals surface area contributed by atoms with Gasteiger partial charge in [-0.15, -0.1) is 0 Å². The molecular weight excluding hydrogens is 319 g/mol. The number of halogens is 3. The summed E-state index contributed by atoms with van der Waals surface area (Å²) in [5.41, 5.74) is 11.4. The van der Waals surface area contributed by atoms with Crippen molar-refractivity contribution in [2.75, 3.05) is 0 Å². The average molecular weight is 333 g/mol. The molecule has 1 aliphatic rings. The van der Waals surface area contributed by atoms with Gasteiger partial charge in [0.05, 0.1) is 17.0 Å². The van der Waals surface area contributed by atoms with E-state index in [0.717, 1.165) is 12.1 Å². The van der Waals surface area contributed by atoms with E-state index in [1.165, 1.54) is 12.1 Å². The third-order valence-corrected chi connectivity index (χ3v) is 3.54. The Kier molecular flexibility index (Phi) is 3.76. The average Bonchev–Trinajstić information content (AvgIpc) is 2.54. The van der Waals surface area contributed by atoms with Gasteiger partial charge in [0.15, 0.2) is 11.6 Å². The fraction of sp³-hybridized carbons (Fsp3) is 0.125. The lowest BCUT2D eigenvalue weighted by atomic mass is 10.0. The van der Waals surface area contributed by atoms with Crippen LogP contribution in [0.25, 0.3) is 11.3 Å². The lowest BCUT2D eigenvalue weighted by Crippen LogP contribution is -2.42. The monoisotopic (exact) mass is 333 g/mol. The minimum Gasteiger partial charge on any atom is -0.370 e. The first-order chi connectivity index (χ1) is 11.3. The summed E-state index contributed by atoms with van der Waals surface area (Å²) in [6.45, 7) is 0. The molecule has 2 aromatic rings. The highest BCUT2D eigenvalue weighted by Gasteiger charge is 2.30. The van der Waals surface area contributed by atoms with Crippen LogP contribution in [0, 0.1) is 0 Å². The Morgan fingerprint density at radius 1 is 1.04 bits per heavy atom. The van der Waals surface area contributed by atoms with Crippen LogP contribution in [0.1, 0.15) is 11.3 Å². The van der Waals surface area contributed by atoms with E-state index in [2.05, 4.69) is 15.3 Å². The SMILES string of the molecule is NC1=NC(N)(c2cccc(-c3ccc(C(F)(F)F)cc3)n2)C=CN1. The highest BCUT2D eigenvalue weighted by molar-refractivity contribution is 5.80. The fourth-order valence-corrected chi connectivity index (χ4v) is 2.31. The van der Waals surface area contributed by atoms with Crippen molar-refractivity contribution in [3.63, 3.8) is 0 Å². The topological polar surface area (TPSA) is 89.3 Å². The summed E-state index contributed by atoms with van der Waals surface area (Å²) in [6, 6.07) is 9.85. The summed E-state index contributed by atoms with van der Waals surface area (Å²) in [6.07, 6.45) is -1.21. The van der Waals surface area contributed by atoms with Crippen LogP contribution in [-0.2, 0) is 11.8 Å². The number of nitrogens with zero attached hydrogens (tertiary/aromatic N) is 2. The number of rotatable bonds is 2. The fourth-order valence-electron chi connectivity index (χ4n) is 2.31. The molecule has 1 aliphatic heterocycles. The molecule has 2 heterocycles. The standard InChI is InChI=1S/C16H14F3N5/c17-16(18,19)11-6-4-10(5-7-11)12-2-1-3-13(23-12)15(21)8-9-22-14(20)24-15/h1-9H,21H2,(H3,20,22,24). The van der Waals surface area contributed by atoms with E-state index in [9.17, 15) is 13.2 Å². The van der Waals surface area contributed by atoms with Crippen molar-refractivity contribution in [1.82, 2.24) is 10.3 Å². The Labute approximate surface area is 135 Å². The molecule has 1 atom stereocenters. The van der Waals surface area contributed by atoms with Crippen LogP contribution in [0.5, 0.6) is 0 Å². The van der Waals surface area contributed by atoms with Crippen LogP contribution >= 0.6 is 0 Å². The van der Waals surface area contributed by atoms with Gasteiger partial charge in [-0.25, -0.2) is 9.98 Å². The van der Waals surface area contributed by atoms with Crippen molar-refractivity contribution >= 4 is 5.96 Å². The second-order valence-corrected chi connectivity index (χ2v) is 5.28. The molecule has 0 fully saturated rings. The van der Waals surface area contributed by atoms with Crippen LogP contribution in [0.4, 0.5) is 13.2 Å². The Bertz CT molecular complexity index is 811. The molecule has 1 aromatic heterocycles. The Balaban J connectivity index is 1.97. The first-order valence-corrected chi connectivity index (χ1v) is 7.01. The maximum atomic E-state index is 12.6. The molecule has 0 radical (unpaired) electrons. The summed E-state index contributed by atoms with van der Waals surface area (Å²) in [7, 11) is 0. The number of aliphatic imine (C=N–C) groups is 1. The zero-order chi connectivity index (χ0) is 17.4. The first kappa shape index (κ1) is 16.0. The maximum Gasteiger partial charge on any atom is 0.416 e. The Morgan fingerprint density at radius 2 is 1.75 bits per heavy atom. The predicted octanol–water partition coefficient (Wildman–Crippen LogP) is 2.31. The highest BCUT2D eigenvalue weighted by Crippen LogP contribution is 2.31. The number of benzene rings is 1. The lowest BCUT2D eigenvalue weighted by molar-refractivity contribution is -0.137. The number of nitrogens with two attached hydrogens (primary N) is 2. The minimum absolute atomic E-state index is 0.154. The maximum absolute atomic E-state index is 12.6. The summed E-state index contributed by atoms with van der Waals surface area (Å²) in [5, 5.41) is 2.71. The molecule has 0 saturated carbocycles. The van der Waals surface area contributed by atoms with Gasteiger partial charge in [-0.3, -0.25) is 5.73 Å². The normalized spacial score (nSPS) is 20.4. The number of alkyl halides is 3. The van der Waals surface area contributed by atoms with Crippen LogP contribution < -0.4 is 16.8 Å². The van der Waals surface area contributed by atoms with Gasteiger partial charge >= 0.3 is 6.18 Å². The van der Waals surface area contributed by atoms with Crippen molar-refractivity contribution in [3.8, 4) is 11.3 Å². The second-order valence-electron chi connectivity index (χ2n) is 5.28. The van der Waals surface area contributed by atoms with Crippen LogP contribution in [-0.4, -0.2) is 10.9 Å². The van der Waals surface area contributed by atoms with Gasteiger partial charge in [-0.2, -0.15) is 13.2 Å². The molecule has 0 bridgehead atoms. The third kappa shape index (κ3) is 3.09. The number of hydrogen-bond donors (Lipinski definition) is 3. The molecule has 1 unspecified atom stereocenters. The zero-order valence-corrected chi connectivity index (χ0v) is 12.4. The van der Waals surface area contributed by atoms with E-state index in [1.54, 1.807) is 30.5 Å². The summed E-state index contributed by atoms with van der Waals surface area (Å²) in [5.74, 6) is 0.154. The number of guanidine groups is 1. The van der Waals surface area contributed by atoms with Crippen molar-refractivity contribution < 1.29 is 13.2 Å². The molecule has 0 spiro atoms. The zero-order valence-electron chi connectivity index (χ0n) is 12.4. The van der Waals surface area contributed by atoms with Gasteiger partial charge in [-0.1, -0.05) is 18.2 Å². The van der Waals surface area contributed by atoms with Crippen molar-refractivity contribution in [2.45, 2.75) is 11.8 Å².